The summed E-state index contributed by atoms with van der Waals surface area (Å²) in [6.45, 7) is 1.82. The molecule has 1 N–H and O–H groups in total. The van der Waals surface area contributed by atoms with Gasteiger partial charge in [0.15, 0.2) is 5.76 Å². The minimum atomic E-state index is -0.883. The van der Waals surface area contributed by atoms with E-state index in [1.807, 2.05) is 6.92 Å². The highest BCUT2D eigenvalue weighted by Crippen LogP contribution is 2.28. The van der Waals surface area contributed by atoms with E-state index in [4.69, 9.17) is 9.52 Å². The van der Waals surface area contributed by atoms with Crippen LogP contribution in [0, 0.1) is 12.7 Å². The molecule has 5 heteroatoms. The molecule has 0 bridgehead atoms. The number of aromatic nitrogens is 1. The molecule has 2 aromatic carbocycles. The van der Waals surface area contributed by atoms with Crippen LogP contribution in [0.4, 0.5) is 4.39 Å². The van der Waals surface area contributed by atoms with Crippen molar-refractivity contribution in [1.29, 1.82) is 0 Å². The molecule has 0 aliphatic carbocycles. The fraction of sp³-hybridized carbons (Fsp3) is 0.111. The van der Waals surface area contributed by atoms with Crippen LogP contribution in [0.1, 0.15) is 11.1 Å². The maximum Gasteiger partial charge on any atom is 0.307 e. The highest BCUT2D eigenvalue weighted by Gasteiger charge is 2.12. The predicted octanol–water partition coefficient (Wildman–Crippen LogP) is 4.08. The number of rotatable bonds is 4. The molecule has 0 atom stereocenters. The van der Waals surface area contributed by atoms with E-state index < -0.39 is 5.97 Å². The van der Waals surface area contributed by atoms with Crippen LogP contribution in [0.2, 0.25) is 0 Å². The van der Waals surface area contributed by atoms with E-state index in [1.165, 1.54) is 12.3 Å². The molecule has 0 amide bonds. The second-order valence-corrected chi connectivity index (χ2v) is 5.28. The molecule has 0 radical (unpaired) electrons. The van der Waals surface area contributed by atoms with Crippen molar-refractivity contribution < 1.29 is 18.7 Å². The van der Waals surface area contributed by atoms with Gasteiger partial charge in [-0.3, -0.25) is 4.79 Å². The third-order valence-corrected chi connectivity index (χ3v) is 3.45. The van der Waals surface area contributed by atoms with Crippen LogP contribution in [0.5, 0.6) is 0 Å². The van der Waals surface area contributed by atoms with E-state index in [1.54, 1.807) is 36.4 Å². The van der Waals surface area contributed by atoms with Gasteiger partial charge in [0.25, 0.3) is 0 Å². The zero-order chi connectivity index (χ0) is 16.4. The van der Waals surface area contributed by atoms with Gasteiger partial charge in [-0.2, -0.15) is 0 Å². The summed E-state index contributed by atoms with van der Waals surface area (Å²) in [6.07, 6.45) is 1.44. The summed E-state index contributed by atoms with van der Waals surface area (Å²) in [5.74, 6) is -0.524. The van der Waals surface area contributed by atoms with E-state index >= 15 is 0 Å². The van der Waals surface area contributed by atoms with Gasteiger partial charge in [-0.05, 0) is 42.3 Å². The number of carboxylic acid groups (broad SMARTS) is 1. The molecule has 0 saturated carbocycles. The van der Waals surface area contributed by atoms with Crippen LogP contribution in [-0.4, -0.2) is 16.1 Å². The average molecular weight is 311 g/mol. The number of carbonyl (C=O) groups is 1. The lowest BCUT2D eigenvalue weighted by Crippen LogP contribution is -1.99. The normalized spacial score (nSPS) is 10.7. The molecule has 0 aliphatic heterocycles. The summed E-state index contributed by atoms with van der Waals surface area (Å²) in [7, 11) is 0. The molecule has 1 heterocycles. The van der Waals surface area contributed by atoms with Gasteiger partial charge in [-0.1, -0.05) is 18.2 Å². The van der Waals surface area contributed by atoms with Crippen molar-refractivity contribution in [1.82, 2.24) is 4.98 Å². The van der Waals surface area contributed by atoms with Gasteiger partial charge in [-0.25, -0.2) is 9.37 Å². The zero-order valence-corrected chi connectivity index (χ0v) is 12.4. The average Bonchev–Trinajstić information content (AvgIpc) is 2.97. The van der Waals surface area contributed by atoms with E-state index in [0.717, 1.165) is 5.56 Å². The third kappa shape index (κ3) is 3.29. The Balaban J connectivity index is 1.88. The quantitative estimate of drug-likeness (QED) is 0.788. The first kappa shape index (κ1) is 15.0. The first-order valence-electron chi connectivity index (χ1n) is 7.06. The second kappa shape index (κ2) is 6.04. The topological polar surface area (TPSA) is 63.3 Å². The van der Waals surface area contributed by atoms with Crippen LogP contribution < -0.4 is 0 Å². The van der Waals surface area contributed by atoms with Gasteiger partial charge in [0.1, 0.15) is 5.82 Å². The van der Waals surface area contributed by atoms with Gasteiger partial charge in [0.05, 0.1) is 18.2 Å². The SMILES string of the molecule is Cc1ccc(-c2cnc(-c3ccc(CC(=O)O)cc3)o2)c(F)c1. The molecule has 0 saturated heterocycles. The van der Waals surface area contributed by atoms with E-state index in [0.29, 0.717) is 28.3 Å². The van der Waals surface area contributed by atoms with Crippen LogP contribution in [0.3, 0.4) is 0 Å². The van der Waals surface area contributed by atoms with Gasteiger partial charge in [-0.15, -0.1) is 0 Å². The predicted molar refractivity (Wildman–Crippen MR) is 83.4 cm³/mol. The maximum atomic E-state index is 14.0. The van der Waals surface area contributed by atoms with Crippen molar-refractivity contribution in [3.63, 3.8) is 0 Å². The smallest absolute Gasteiger partial charge is 0.307 e. The monoisotopic (exact) mass is 311 g/mol. The molecule has 0 unspecified atom stereocenters. The van der Waals surface area contributed by atoms with Crippen molar-refractivity contribution in [2.45, 2.75) is 13.3 Å². The zero-order valence-electron chi connectivity index (χ0n) is 12.4. The molecule has 0 aliphatic rings. The minimum Gasteiger partial charge on any atom is -0.481 e. The molecular formula is C18H14FNO3. The first-order valence-corrected chi connectivity index (χ1v) is 7.06. The van der Waals surface area contributed by atoms with Crippen molar-refractivity contribution in [2.75, 3.05) is 0 Å². The van der Waals surface area contributed by atoms with Gasteiger partial charge < -0.3 is 9.52 Å². The lowest BCUT2D eigenvalue weighted by Gasteiger charge is -2.01. The molecular weight excluding hydrogens is 297 g/mol. The van der Waals surface area contributed by atoms with Crippen molar-refractivity contribution >= 4 is 5.97 Å². The number of aryl methyl sites for hydroxylation is 1. The molecule has 3 rings (SSSR count). The Kier molecular flexibility index (Phi) is 3.93. The number of hydrogen-bond acceptors (Lipinski definition) is 3. The Hall–Kier alpha value is -2.95. The number of benzene rings is 2. The molecule has 3 aromatic rings. The Labute approximate surface area is 132 Å². The summed E-state index contributed by atoms with van der Waals surface area (Å²) < 4.78 is 19.6. The highest BCUT2D eigenvalue weighted by molar-refractivity contribution is 5.70. The Morgan fingerprint density at radius 1 is 1.22 bits per heavy atom. The summed E-state index contributed by atoms with van der Waals surface area (Å²) in [5.41, 5.74) is 2.59. The largest absolute Gasteiger partial charge is 0.481 e. The lowest BCUT2D eigenvalue weighted by molar-refractivity contribution is -0.136. The molecule has 0 fully saturated rings. The summed E-state index contributed by atoms with van der Waals surface area (Å²) >= 11 is 0. The standard InChI is InChI=1S/C18H14FNO3/c1-11-2-7-14(15(19)8-11)16-10-20-18(23-16)13-5-3-12(4-6-13)9-17(21)22/h2-8,10H,9H2,1H3,(H,21,22). The number of carboxylic acids is 1. The molecule has 1 aromatic heterocycles. The van der Waals surface area contributed by atoms with Crippen LogP contribution >= 0.6 is 0 Å². The summed E-state index contributed by atoms with van der Waals surface area (Å²) in [5, 5.41) is 8.76. The van der Waals surface area contributed by atoms with Crippen molar-refractivity contribution in [3.8, 4) is 22.8 Å². The molecule has 4 nitrogen and oxygen atoms in total. The minimum absolute atomic E-state index is 0.0360. The van der Waals surface area contributed by atoms with Crippen molar-refractivity contribution in [2.24, 2.45) is 0 Å². The lowest BCUT2D eigenvalue weighted by atomic mass is 10.1. The van der Waals surface area contributed by atoms with Gasteiger partial charge in [0, 0.05) is 5.56 Å². The van der Waals surface area contributed by atoms with Crippen LogP contribution in [0.25, 0.3) is 22.8 Å². The fourth-order valence-corrected chi connectivity index (χ4v) is 2.29. The Morgan fingerprint density at radius 3 is 2.61 bits per heavy atom. The van der Waals surface area contributed by atoms with E-state index in [-0.39, 0.29) is 12.2 Å². The number of halogens is 1. The molecule has 0 spiro atoms. The number of aliphatic carboxylic acids is 1. The van der Waals surface area contributed by atoms with Crippen LogP contribution in [-0.2, 0) is 11.2 Å². The number of oxazole rings is 1. The molecule has 116 valence electrons. The second-order valence-electron chi connectivity index (χ2n) is 5.28. The number of hydrogen-bond donors (Lipinski definition) is 1. The van der Waals surface area contributed by atoms with Gasteiger partial charge in [0.2, 0.25) is 5.89 Å². The van der Waals surface area contributed by atoms with E-state index in [9.17, 15) is 9.18 Å². The fourth-order valence-electron chi connectivity index (χ4n) is 2.29. The summed E-state index contributed by atoms with van der Waals surface area (Å²) in [4.78, 5) is 14.8. The van der Waals surface area contributed by atoms with Crippen LogP contribution in [0.15, 0.2) is 53.1 Å². The highest BCUT2D eigenvalue weighted by atomic mass is 19.1. The third-order valence-electron chi connectivity index (χ3n) is 3.45. The van der Waals surface area contributed by atoms with E-state index in [2.05, 4.69) is 4.98 Å². The number of nitrogens with zero attached hydrogens (tertiary/aromatic N) is 1. The van der Waals surface area contributed by atoms with Gasteiger partial charge >= 0.3 is 5.97 Å². The van der Waals surface area contributed by atoms with Crippen molar-refractivity contribution in [3.05, 3.63) is 65.6 Å². The Morgan fingerprint density at radius 2 is 1.96 bits per heavy atom. The Bertz CT molecular complexity index is 853. The molecule has 23 heavy (non-hydrogen) atoms. The maximum absolute atomic E-state index is 14.0. The summed E-state index contributed by atoms with van der Waals surface area (Å²) in [6, 6.07) is 11.8. The first-order chi connectivity index (χ1) is 11.0.